The van der Waals surface area contributed by atoms with Crippen LogP contribution in [-0.4, -0.2) is 44.4 Å². The molecule has 1 aliphatic rings. The smallest absolute Gasteiger partial charge is 0.245 e. The molecule has 8 heteroatoms. The van der Waals surface area contributed by atoms with Gasteiger partial charge in [0.05, 0.1) is 0 Å². The molecule has 1 aliphatic heterocycles. The summed E-state index contributed by atoms with van der Waals surface area (Å²) >= 11 is 1.31. The van der Waals surface area contributed by atoms with Crippen molar-refractivity contribution in [2.24, 2.45) is 11.7 Å². The molecule has 2 aromatic rings. The highest BCUT2D eigenvalue weighted by Gasteiger charge is 2.21. The lowest BCUT2D eigenvalue weighted by molar-refractivity contribution is 0.411. The molecule has 0 aliphatic carbocycles. The fourth-order valence-electron chi connectivity index (χ4n) is 2.15. The van der Waals surface area contributed by atoms with Gasteiger partial charge in [0, 0.05) is 18.5 Å². The highest BCUT2D eigenvalue weighted by atomic mass is 32.1. The summed E-state index contributed by atoms with van der Waals surface area (Å²) in [5.41, 5.74) is 6.43. The van der Waals surface area contributed by atoms with Crippen molar-refractivity contribution >= 4 is 17.5 Å². The Morgan fingerprint density at radius 2 is 2.28 bits per heavy atom. The van der Waals surface area contributed by atoms with Crippen molar-refractivity contribution in [3.63, 3.8) is 0 Å². The fourth-order valence-corrected chi connectivity index (χ4v) is 2.59. The van der Waals surface area contributed by atoms with Crippen molar-refractivity contribution < 1.29 is 0 Å². The first kappa shape index (κ1) is 11.5. The maximum absolute atomic E-state index is 5.69. The van der Waals surface area contributed by atoms with Crippen molar-refractivity contribution in [1.82, 2.24) is 24.8 Å². The number of aromatic amines is 1. The van der Waals surface area contributed by atoms with E-state index in [1.165, 1.54) is 11.5 Å². The Morgan fingerprint density at radius 3 is 2.94 bits per heavy atom. The van der Waals surface area contributed by atoms with Gasteiger partial charge in [-0.3, -0.25) is 5.10 Å². The zero-order valence-corrected chi connectivity index (χ0v) is 10.7. The summed E-state index contributed by atoms with van der Waals surface area (Å²) in [6, 6.07) is 0. The average Bonchev–Trinajstić information content (AvgIpc) is 3.09. The van der Waals surface area contributed by atoms with Crippen LogP contribution in [0.5, 0.6) is 0 Å². The van der Waals surface area contributed by atoms with E-state index in [2.05, 4.69) is 29.7 Å². The molecule has 1 saturated heterocycles. The van der Waals surface area contributed by atoms with Gasteiger partial charge in [0.25, 0.3) is 0 Å². The number of hydrogen-bond acceptors (Lipinski definition) is 7. The highest BCUT2D eigenvalue weighted by molar-refractivity contribution is 7.03. The lowest BCUT2D eigenvalue weighted by Crippen LogP contribution is -2.36. The van der Waals surface area contributed by atoms with Gasteiger partial charge in [0.2, 0.25) is 5.95 Å². The molecule has 3 rings (SSSR count). The van der Waals surface area contributed by atoms with Gasteiger partial charge in [-0.2, -0.15) is 4.98 Å². The first-order valence-electron chi connectivity index (χ1n) is 6.01. The summed E-state index contributed by atoms with van der Waals surface area (Å²) in [6.07, 6.45) is 2.22. The van der Waals surface area contributed by atoms with Crippen molar-refractivity contribution in [3.05, 3.63) is 5.38 Å². The van der Waals surface area contributed by atoms with Gasteiger partial charge in [0.15, 0.2) is 5.82 Å². The fraction of sp³-hybridized carbons (Fsp3) is 0.600. The molecule has 0 atom stereocenters. The summed E-state index contributed by atoms with van der Waals surface area (Å²) in [6.45, 7) is 2.71. The van der Waals surface area contributed by atoms with E-state index >= 15 is 0 Å². The number of anilines is 1. The minimum Gasteiger partial charge on any atom is -0.340 e. The van der Waals surface area contributed by atoms with Gasteiger partial charge in [0.1, 0.15) is 5.69 Å². The van der Waals surface area contributed by atoms with Crippen LogP contribution in [0.4, 0.5) is 5.95 Å². The third-order valence-corrected chi connectivity index (χ3v) is 3.81. The van der Waals surface area contributed by atoms with Crippen LogP contribution in [0.1, 0.15) is 12.8 Å². The van der Waals surface area contributed by atoms with Gasteiger partial charge in [-0.15, -0.1) is 10.2 Å². The second-order valence-electron chi connectivity index (χ2n) is 4.44. The Bertz CT molecular complexity index is 486. The molecule has 0 unspecified atom stereocenters. The third kappa shape index (κ3) is 2.21. The Kier molecular flexibility index (Phi) is 3.20. The zero-order valence-electron chi connectivity index (χ0n) is 9.91. The molecule has 0 spiro atoms. The molecular formula is C10H15N7S. The summed E-state index contributed by atoms with van der Waals surface area (Å²) < 4.78 is 3.82. The summed E-state index contributed by atoms with van der Waals surface area (Å²) in [4.78, 5) is 6.65. The number of hydrogen-bond donors (Lipinski definition) is 2. The van der Waals surface area contributed by atoms with Crippen LogP contribution in [0.2, 0.25) is 0 Å². The first-order chi connectivity index (χ1) is 8.86. The topological polar surface area (TPSA) is 96.6 Å². The number of nitrogens with zero attached hydrogens (tertiary/aromatic N) is 5. The van der Waals surface area contributed by atoms with Crippen LogP contribution >= 0.6 is 11.5 Å². The Hall–Kier alpha value is -1.54. The molecule has 1 fully saturated rings. The maximum Gasteiger partial charge on any atom is 0.245 e. The van der Waals surface area contributed by atoms with E-state index in [4.69, 9.17) is 5.73 Å². The monoisotopic (exact) mass is 265 g/mol. The summed E-state index contributed by atoms with van der Waals surface area (Å²) in [5.74, 6) is 2.07. The van der Waals surface area contributed by atoms with Crippen molar-refractivity contribution in [3.8, 4) is 11.5 Å². The molecule has 0 saturated carbocycles. The quantitative estimate of drug-likeness (QED) is 0.838. The number of piperidine rings is 1. The van der Waals surface area contributed by atoms with E-state index in [9.17, 15) is 0 Å². The number of nitrogens with two attached hydrogens (primary N) is 1. The van der Waals surface area contributed by atoms with Crippen LogP contribution in [0.25, 0.3) is 11.5 Å². The summed E-state index contributed by atoms with van der Waals surface area (Å²) in [5, 5.41) is 13.0. The first-order valence-corrected chi connectivity index (χ1v) is 6.85. The molecule has 96 valence electrons. The van der Waals surface area contributed by atoms with E-state index in [1.54, 1.807) is 0 Å². The van der Waals surface area contributed by atoms with Gasteiger partial charge in [-0.05, 0) is 36.8 Å². The van der Waals surface area contributed by atoms with Crippen molar-refractivity contribution in [2.75, 3.05) is 24.5 Å². The van der Waals surface area contributed by atoms with Gasteiger partial charge >= 0.3 is 0 Å². The van der Waals surface area contributed by atoms with Crippen LogP contribution < -0.4 is 10.6 Å². The Morgan fingerprint density at radius 1 is 1.44 bits per heavy atom. The van der Waals surface area contributed by atoms with Crippen LogP contribution in [-0.2, 0) is 0 Å². The standard InChI is InChI=1S/C10H15N7S/c11-5-7-1-3-17(4-2-7)10-12-9(14-15-10)8-6-18-16-13-8/h6-7H,1-5,11H2,(H,12,14,15). The van der Waals surface area contributed by atoms with E-state index in [0.29, 0.717) is 11.7 Å². The molecule has 7 nitrogen and oxygen atoms in total. The predicted octanol–water partition coefficient (Wildman–Crippen LogP) is 0.498. The van der Waals surface area contributed by atoms with E-state index in [0.717, 1.165) is 44.1 Å². The van der Waals surface area contributed by atoms with E-state index in [-0.39, 0.29) is 0 Å². The number of H-pyrrole nitrogens is 1. The minimum atomic E-state index is 0.641. The maximum atomic E-state index is 5.69. The lowest BCUT2D eigenvalue weighted by Gasteiger charge is -2.30. The predicted molar refractivity (Wildman–Crippen MR) is 69.3 cm³/mol. The van der Waals surface area contributed by atoms with Crippen molar-refractivity contribution in [2.45, 2.75) is 12.8 Å². The highest BCUT2D eigenvalue weighted by Crippen LogP contribution is 2.21. The van der Waals surface area contributed by atoms with Crippen LogP contribution in [0, 0.1) is 5.92 Å². The summed E-state index contributed by atoms with van der Waals surface area (Å²) in [7, 11) is 0. The number of rotatable bonds is 3. The van der Waals surface area contributed by atoms with Gasteiger partial charge < -0.3 is 10.6 Å². The number of nitrogens with one attached hydrogen (secondary N) is 1. The van der Waals surface area contributed by atoms with Gasteiger partial charge in [-0.25, -0.2) is 0 Å². The molecular weight excluding hydrogens is 250 g/mol. The molecule has 0 amide bonds. The van der Waals surface area contributed by atoms with Crippen LogP contribution in [0.3, 0.4) is 0 Å². The molecule has 0 bridgehead atoms. The van der Waals surface area contributed by atoms with E-state index < -0.39 is 0 Å². The average molecular weight is 265 g/mol. The third-order valence-electron chi connectivity index (χ3n) is 3.31. The molecule has 2 aromatic heterocycles. The zero-order chi connectivity index (χ0) is 12.4. The Balaban J connectivity index is 1.71. The second kappa shape index (κ2) is 4.99. The molecule has 3 heterocycles. The van der Waals surface area contributed by atoms with Gasteiger partial charge in [-0.1, -0.05) is 4.49 Å². The van der Waals surface area contributed by atoms with Crippen molar-refractivity contribution in [1.29, 1.82) is 0 Å². The normalized spacial score (nSPS) is 17.3. The number of aromatic nitrogens is 5. The molecule has 0 radical (unpaired) electrons. The largest absolute Gasteiger partial charge is 0.340 e. The Labute approximate surface area is 109 Å². The van der Waals surface area contributed by atoms with E-state index in [1.807, 2.05) is 5.38 Å². The van der Waals surface area contributed by atoms with Crippen LogP contribution in [0.15, 0.2) is 5.38 Å². The SMILES string of the molecule is NCC1CCN(c2n[nH]c(-c3csnn3)n2)CC1. The molecule has 0 aromatic carbocycles. The second-order valence-corrected chi connectivity index (χ2v) is 5.05. The molecule has 18 heavy (non-hydrogen) atoms. The minimum absolute atomic E-state index is 0.641. The lowest BCUT2D eigenvalue weighted by atomic mass is 9.97. The molecule has 3 N–H and O–H groups in total.